The van der Waals surface area contributed by atoms with Crippen LogP contribution in [0.1, 0.15) is 15.9 Å². The van der Waals surface area contributed by atoms with E-state index in [9.17, 15) is 14.9 Å². The van der Waals surface area contributed by atoms with Gasteiger partial charge >= 0.3 is 0 Å². The van der Waals surface area contributed by atoms with Crippen LogP contribution in [0.15, 0.2) is 53.9 Å². The molecule has 7 nitrogen and oxygen atoms in total. The fourth-order valence-corrected chi connectivity index (χ4v) is 1.41. The van der Waals surface area contributed by atoms with Gasteiger partial charge in [-0.05, 0) is 29.8 Å². The summed E-state index contributed by atoms with van der Waals surface area (Å²) in [6.07, 6.45) is 4.39. The fraction of sp³-hybridized carbons (Fsp3) is 0. The topological polar surface area (TPSA) is 97.5 Å². The van der Waals surface area contributed by atoms with Crippen molar-refractivity contribution in [1.82, 2.24) is 10.4 Å². The van der Waals surface area contributed by atoms with Crippen LogP contribution in [0, 0.1) is 10.1 Å². The first kappa shape index (κ1) is 13.3. The summed E-state index contributed by atoms with van der Waals surface area (Å²) < 4.78 is 0. The van der Waals surface area contributed by atoms with Crippen molar-refractivity contribution < 1.29 is 9.72 Å². The molecule has 0 atom stereocenters. The third kappa shape index (κ3) is 3.45. The Morgan fingerprint density at radius 2 is 2.05 bits per heavy atom. The van der Waals surface area contributed by atoms with E-state index in [0.717, 1.165) is 0 Å². The number of nitrogens with zero attached hydrogens (tertiary/aromatic N) is 3. The summed E-state index contributed by atoms with van der Waals surface area (Å²) >= 11 is 0. The van der Waals surface area contributed by atoms with Gasteiger partial charge in [0.2, 0.25) is 0 Å². The van der Waals surface area contributed by atoms with Gasteiger partial charge in [-0.1, -0.05) is 0 Å². The van der Waals surface area contributed by atoms with Gasteiger partial charge in [-0.3, -0.25) is 19.9 Å². The maximum absolute atomic E-state index is 11.6. The number of benzene rings is 1. The summed E-state index contributed by atoms with van der Waals surface area (Å²) in [5, 5.41) is 14.3. The van der Waals surface area contributed by atoms with Crippen LogP contribution in [0.2, 0.25) is 0 Å². The summed E-state index contributed by atoms with van der Waals surface area (Å²) in [7, 11) is 0. The molecule has 0 spiro atoms. The van der Waals surface area contributed by atoms with E-state index in [1.807, 2.05) is 0 Å². The highest BCUT2D eigenvalue weighted by molar-refractivity contribution is 5.94. The summed E-state index contributed by atoms with van der Waals surface area (Å²) in [5.74, 6) is -0.378. The molecule has 100 valence electrons. The number of carbonyl (C=O) groups excluding carboxylic acids is 1. The number of nitrogens with one attached hydrogen (secondary N) is 1. The largest absolute Gasteiger partial charge is 0.272 e. The van der Waals surface area contributed by atoms with Gasteiger partial charge in [-0.15, -0.1) is 0 Å². The van der Waals surface area contributed by atoms with E-state index in [4.69, 9.17) is 0 Å². The van der Waals surface area contributed by atoms with E-state index in [1.165, 1.54) is 36.7 Å². The first-order chi connectivity index (χ1) is 9.66. The van der Waals surface area contributed by atoms with E-state index in [0.29, 0.717) is 11.1 Å². The van der Waals surface area contributed by atoms with Gasteiger partial charge < -0.3 is 0 Å². The Labute approximate surface area is 114 Å². The monoisotopic (exact) mass is 270 g/mol. The van der Waals surface area contributed by atoms with Gasteiger partial charge in [0.25, 0.3) is 11.6 Å². The summed E-state index contributed by atoms with van der Waals surface area (Å²) in [5.41, 5.74) is 3.38. The average molecular weight is 270 g/mol. The maximum Gasteiger partial charge on any atom is 0.272 e. The maximum atomic E-state index is 11.6. The third-order valence-corrected chi connectivity index (χ3v) is 2.41. The predicted octanol–water partition coefficient (Wildman–Crippen LogP) is 1.75. The number of aromatic nitrogens is 1. The summed E-state index contributed by atoms with van der Waals surface area (Å²) in [6.45, 7) is 0. The molecule has 0 saturated carbocycles. The van der Waals surface area contributed by atoms with Gasteiger partial charge in [0.1, 0.15) is 0 Å². The number of amides is 1. The Bertz CT molecular complexity index is 638. The van der Waals surface area contributed by atoms with E-state index < -0.39 is 4.92 Å². The molecule has 0 radical (unpaired) electrons. The number of pyridine rings is 1. The lowest BCUT2D eigenvalue weighted by Gasteiger charge is -1.98. The Morgan fingerprint density at radius 3 is 2.65 bits per heavy atom. The molecular formula is C13H10N4O3. The van der Waals surface area contributed by atoms with Crippen molar-refractivity contribution in [3.63, 3.8) is 0 Å². The van der Waals surface area contributed by atoms with Gasteiger partial charge in [-0.25, -0.2) is 5.43 Å². The highest BCUT2D eigenvalue weighted by Gasteiger charge is 2.04. The number of hydrogen-bond acceptors (Lipinski definition) is 5. The highest BCUT2D eigenvalue weighted by Crippen LogP contribution is 2.10. The molecule has 0 bridgehead atoms. The van der Waals surface area contributed by atoms with Crippen LogP contribution in [0.25, 0.3) is 0 Å². The Balaban J connectivity index is 1.96. The Hall–Kier alpha value is -3.09. The molecular weight excluding hydrogens is 260 g/mol. The molecule has 1 heterocycles. The highest BCUT2D eigenvalue weighted by atomic mass is 16.6. The Morgan fingerprint density at radius 1 is 1.30 bits per heavy atom. The molecule has 0 aliphatic heterocycles. The zero-order valence-corrected chi connectivity index (χ0v) is 10.3. The zero-order chi connectivity index (χ0) is 14.4. The third-order valence-electron chi connectivity index (χ3n) is 2.41. The second-order valence-electron chi connectivity index (χ2n) is 3.79. The number of nitro groups is 1. The van der Waals surface area contributed by atoms with Crippen LogP contribution < -0.4 is 5.43 Å². The number of carbonyl (C=O) groups is 1. The molecule has 1 aromatic heterocycles. The molecule has 7 heteroatoms. The van der Waals surface area contributed by atoms with E-state index in [1.54, 1.807) is 18.3 Å². The van der Waals surface area contributed by atoms with E-state index >= 15 is 0 Å². The normalized spacial score (nSPS) is 10.4. The number of hydrazone groups is 1. The van der Waals surface area contributed by atoms with Gasteiger partial charge in [0, 0.05) is 24.5 Å². The van der Waals surface area contributed by atoms with Crippen molar-refractivity contribution >= 4 is 17.8 Å². The quantitative estimate of drug-likeness (QED) is 0.520. The molecule has 0 aliphatic carbocycles. The van der Waals surface area contributed by atoms with Crippen molar-refractivity contribution in [2.24, 2.45) is 5.10 Å². The van der Waals surface area contributed by atoms with Crippen LogP contribution in [0.4, 0.5) is 5.69 Å². The molecule has 20 heavy (non-hydrogen) atoms. The minimum Gasteiger partial charge on any atom is -0.267 e. The van der Waals surface area contributed by atoms with Crippen molar-refractivity contribution in [2.45, 2.75) is 0 Å². The summed E-state index contributed by atoms with van der Waals surface area (Å²) in [4.78, 5) is 25.4. The van der Waals surface area contributed by atoms with Crippen LogP contribution in [0.3, 0.4) is 0 Å². The lowest BCUT2D eigenvalue weighted by atomic mass is 10.2. The predicted molar refractivity (Wildman–Crippen MR) is 72.4 cm³/mol. The number of non-ortho nitro benzene ring substituents is 1. The lowest BCUT2D eigenvalue weighted by molar-refractivity contribution is -0.384. The zero-order valence-electron chi connectivity index (χ0n) is 10.3. The van der Waals surface area contributed by atoms with Crippen molar-refractivity contribution in [1.29, 1.82) is 0 Å². The second kappa shape index (κ2) is 6.19. The molecule has 1 aromatic carbocycles. The smallest absolute Gasteiger partial charge is 0.267 e. The standard InChI is InChI=1S/C13H10N4O3/c18-13(11-2-1-7-14-9-11)16-15-8-10-3-5-12(6-4-10)17(19)20/h1-9H,(H,16,18)/b15-8-. The van der Waals surface area contributed by atoms with Crippen LogP contribution in [-0.4, -0.2) is 22.0 Å². The molecule has 0 saturated heterocycles. The second-order valence-corrected chi connectivity index (χ2v) is 3.79. The first-order valence-corrected chi connectivity index (χ1v) is 5.65. The number of nitro benzene ring substituents is 1. The van der Waals surface area contributed by atoms with Crippen LogP contribution >= 0.6 is 0 Å². The van der Waals surface area contributed by atoms with Crippen molar-refractivity contribution in [2.75, 3.05) is 0 Å². The van der Waals surface area contributed by atoms with Gasteiger partial charge in [0.05, 0.1) is 16.7 Å². The molecule has 1 N–H and O–H groups in total. The summed E-state index contributed by atoms with van der Waals surface area (Å²) in [6, 6.07) is 9.07. The van der Waals surface area contributed by atoms with E-state index in [2.05, 4.69) is 15.5 Å². The molecule has 0 unspecified atom stereocenters. The van der Waals surface area contributed by atoms with Crippen molar-refractivity contribution in [3.8, 4) is 0 Å². The SMILES string of the molecule is O=C(N/N=C\c1ccc([N+](=O)[O-])cc1)c1cccnc1. The lowest BCUT2D eigenvalue weighted by Crippen LogP contribution is -2.17. The molecule has 1 amide bonds. The van der Waals surface area contributed by atoms with Crippen molar-refractivity contribution in [3.05, 3.63) is 70.0 Å². The minimum atomic E-state index is -0.481. The molecule has 2 rings (SSSR count). The minimum absolute atomic E-state index is 0.00143. The van der Waals surface area contributed by atoms with Crippen LogP contribution in [-0.2, 0) is 0 Å². The van der Waals surface area contributed by atoms with Crippen LogP contribution in [0.5, 0.6) is 0 Å². The number of hydrogen-bond donors (Lipinski definition) is 1. The van der Waals surface area contributed by atoms with E-state index in [-0.39, 0.29) is 11.6 Å². The average Bonchev–Trinajstić information content (AvgIpc) is 2.48. The van der Waals surface area contributed by atoms with Gasteiger partial charge in [-0.2, -0.15) is 5.10 Å². The first-order valence-electron chi connectivity index (χ1n) is 5.65. The number of rotatable bonds is 4. The molecule has 2 aromatic rings. The van der Waals surface area contributed by atoms with Gasteiger partial charge in [0.15, 0.2) is 0 Å². The fourth-order valence-electron chi connectivity index (χ4n) is 1.41. The Kier molecular flexibility index (Phi) is 4.13. The molecule has 0 aliphatic rings. The molecule has 0 fully saturated rings.